The van der Waals surface area contributed by atoms with Crippen molar-refractivity contribution in [2.75, 3.05) is 14.8 Å². The molecule has 0 aliphatic rings. The van der Waals surface area contributed by atoms with Gasteiger partial charge < -0.3 is 5.32 Å². The molecular weight excluding hydrogens is 474 g/mol. The van der Waals surface area contributed by atoms with Crippen LogP contribution in [0.3, 0.4) is 0 Å². The van der Waals surface area contributed by atoms with Crippen molar-refractivity contribution in [2.45, 2.75) is 23.6 Å². The highest BCUT2D eigenvalue weighted by molar-refractivity contribution is 7.93. The van der Waals surface area contributed by atoms with Gasteiger partial charge in [0.2, 0.25) is 5.91 Å². The summed E-state index contributed by atoms with van der Waals surface area (Å²) in [5.41, 5.74) is 1.43. The number of aryl methyl sites for hydroxylation is 1. The van der Waals surface area contributed by atoms with Gasteiger partial charge in [-0.25, -0.2) is 16.8 Å². The van der Waals surface area contributed by atoms with Crippen molar-refractivity contribution in [1.29, 1.82) is 0 Å². The first-order chi connectivity index (χ1) is 15.0. The van der Waals surface area contributed by atoms with Gasteiger partial charge in [0, 0.05) is 23.3 Å². The molecule has 1 amide bonds. The van der Waals surface area contributed by atoms with Crippen LogP contribution in [0, 0.1) is 6.92 Å². The van der Waals surface area contributed by atoms with Crippen LogP contribution in [-0.2, 0) is 24.8 Å². The highest BCUT2D eigenvalue weighted by Crippen LogP contribution is 2.26. The molecule has 0 spiro atoms. The highest BCUT2D eigenvalue weighted by atomic mass is 35.5. The van der Waals surface area contributed by atoms with E-state index in [0.717, 1.165) is 0 Å². The fourth-order valence-corrected chi connectivity index (χ4v) is 5.07. The second-order valence-corrected chi connectivity index (χ2v) is 10.7. The summed E-state index contributed by atoms with van der Waals surface area (Å²) < 4.78 is 55.9. The first-order valence-corrected chi connectivity index (χ1v) is 12.6. The lowest BCUT2D eigenvalue weighted by Crippen LogP contribution is -2.16. The lowest BCUT2D eigenvalue weighted by Gasteiger charge is -2.14. The molecule has 0 aromatic heterocycles. The average Bonchev–Trinajstić information content (AvgIpc) is 2.71. The molecule has 0 bridgehead atoms. The molecule has 0 radical (unpaired) electrons. The number of benzene rings is 3. The molecule has 0 saturated carbocycles. The van der Waals surface area contributed by atoms with Crippen LogP contribution < -0.4 is 14.8 Å². The molecule has 0 fully saturated rings. The normalized spacial score (nSPS) is 11.6. The first kappa shape index (κ1) is 23.6. The minimum absolute atomic E-state index is 0.0430. The van der Waals surface area contributed by atoms with Crippen LogP contribution in [0.4, 0.5) is 17.1 Å². The molecular formula is C21H20ClN3O5S2. The van der Waals surface area contributed by atoms with Crippen LogP contribution in [0.1, 0.15) is 12.5 Å². The van der Waals surface area contributed by atoms with Crippen molar-refractivity contribution < 1.29 is 21.6 Å². The van der Waals surface area contributed by atoms with Gasteiger partial charge in [-0.05, 0) is 73.2 Å². The van der Waals surface area contributed by atoms with E-state index in [1.807, 2.05) is 0 Å². The Morgan fingerprint density at radius 3 is 1.88 bits per heavy atom. The molecule has 3 N–H and O–H groups in total. The molecule has 0 atom stereocenters. The van der Waals surface area contributed by atoms with E-state index in [1.54, 1.807) is 19.1 Å². The number of rotatable bonds is 7. The van der Waals surface area contributed by atoms with Crippen molar-refractivity contribution in [2.24, 2.45) is 0 Å². The van der Waals surface area contributed by atoms with E-state index in [4.69, 9.17) is 11.6 Å². The van der Waals surface area contributed by atoms with E-state index in [-0.39, 0.29) is 21.4 Å². The molecule has 0 unspecified atom stereocenters. The Balaban J connectivity index is 1.86. The van der Waals surface area contributed by atoms with E-state index < -0.39 is 20.0 Å². The predicted octanol–water partition coefficient (Wildman–Crippen LogP) is 4.21. The monoisotopic (exact) mass is 493 g/mol. The number of anilines is 3. The van der Waals surface area contributed by atoms with Gasteiger partial charge in [0.25, 0.3) is 20.0 Å². The van der Waals surface area contributed by atoms with E-state index in [1.165, 1.54) is 61.5 Å². The van der Waals surface area contributed by atoms with Gasteiger partial charge in [-0.15, -0.1) is 0 Å². The zero-order chi connectivity index (χ0) is 23.5. The molecule has 168 valence electrons. The Bertz CT molecular complexity index is 1360. The first-order valence-electron chi connectivity index (χ1n) is 9.26. The minimum Gasteiger partial charge on any atom is -0.326 e. The number of sulfonamides is 2. The van der Waals surface area contributed by atoms with Crippen molar-refractivity contribution in [3.05, 3.63) is 77.3 Å². The van der Waals surface area contributed by atoms with Crippen molar-refractivity contribution >= 4 is 54.6 Å². The third kappa shape index (κ3) is 5.78. The average molecular weight is 494 g/mol. The van der Waals surface area contributed by atoms with E-state index in [0.29, 0.717) is 22.0 Å². The Labute approximate surface area is 191 Å². The SMILES string of the molecule is CC(=O)Nc1ccc(S(=O)(=O)Nc2cc(S(=O)(=O)Nc3ccc(Cl)cc3)ccc2C)cc1. The van der Waals surface area contributed by atoms with Gasteiger partial charge >= 0.3 is 0 Å². The van der Waals surface area contributed by atoms with Gasteiger partial charge in [0.05, 0.1) is 15.5 Å². The van der Waals surface area contributed by atoms with Crippen LogP contribution in [-0.4, -0.2) is 22.7 Å². The van der Waals surface area contributed by atoms with Gasteiger partial charge in [0.15, 0.2) is 0 Å². The summed E-state index contributed by atoms with van der Waals surface area (Å²) in [5, 5.41) is 3.02. The maximum absolute atomic E-state index is 12.8. The van der Waals surface area contributed by atoms with Crippen LogP contribution in [0.2, 0.25) is 5.02 Å². The summed E-state index contributed by atoms with van der Waals surface area (Å²) >= 11 is 5.82. The van der Waals surface area contributed by atoms with Crippen LogP contribution in [0.5, 0.6) is 0 Å². The van der Waals surface area contributed by atoms with Crippen molar-refractivity contribution in [1.82, 2.24) is 0 Å². The second kappa shape index (κ2) is 9.19. The Hall–Kier alpha value is -3.08. The predicted molar refractivity (Wildman–Crippen MR) is 125 cm³/mol. The van der Waals surface area contributed by atoms with E-state index in [9.17, 15) is 21.6 Å². The van der Waals surface area contributed by atoms with Gasteiger partial charge in [0.1, 0.15) is 0 Å². The van der Waals surface area contributed by atoms with Crippen LogP contribution >= 0.6 is 11.6 Å². The molecule has 11 heteroatoms. The van der Waals surface area contributed by atoms with Gasteiger partial charge in [-0.3, -0.25) is 14.2 Å². The fourth-order valence-electron chi connectivity index (χ4n) is 2.73. The van der Waals surface area contributed by atoms with Gasteiger partial charge in [-0.2, -0.15) is 0 Å². The van der Waals surface area contributed by atoms with Gasteiger partial charge in [-0.1, -0.05) is 17.7 Å². The van der Waals surface area contributed by atoms with E-state index >= 15 is 0 Å². The number of nitrogens with one attached hydrogen (secondary N) is 3. The summed E-state index contributed by atoms with van der Waals surface area (Å²) in [7, 11) is -7.97. The number of carbonyl (C=O) groups excluding carboxylic acids is 1. The summed E-state index contributed by atoms with van der Waals surface area (Å²) in [4.78, 5) is 11.0. The zero-order valence-electron chi connectivity index (χ0n) is 17.1. The molecule has 0 aliphatic carbocycles. The standard InChI is InChI=1S/C21H20ClN3O5S2/c1-14-3-10-20(32(29,30)24-18-6-4-16(22)5-7-18)13-21(14)25-31(27,28)19-11-8-17(9-12-19)23-15(2)26/h3-13,24-25H,1-2H3,(H,23,26). The number of hydrogen-bond acceptors (Lipinski definition) is 5. The highest BCUT2D eigenvalue weighted by Gasteiger charge is 2.19. The summed E-state index contributed by atoms with van der Waals surface area (Å²) in [6.07, 6.45) is 0. The Morgan fingerprint density at radius 2 is 1.28 bits per heavy atom. The smallest absolute Gasteiger partial charge is 0.261 e. The van der Waals surface area contributed by atoms with Crippen LogP contribution in [0.25, 0.3) is 0 Å². The Morgan fingerprint density at radius 1 is 0.750 bits per heavy atom. The van der Waals surface area contributed by atoms with Crippen molar-refractivity contribution in [3.63, 3.8) is 0 Å². The largest absolute Gasteiger partial charge is 0.326 e. The summed E-state index contributed by atoms with van der Waals surface area (Å²) in [5.74, 6) is -0.278. The molecule has 3 rings (SSSR count). The minimum atomic E-state index is -4.00. The number of carbonyl (C=O) groups is 1. The second-order valence-electron chi connectivity index (χ2n) is 6.90. The Kier molecular flexibility index (Phi) is 6.77. The molecule has 3 aromatic rings. The van der Waals surface area contributed by atoms with Crippen LogP contribution in [0.15, 0.2) is 76.5 Å². The molecule has 0 aliphatic heterocycles. The number of amides is 1. The maximum Gasteiger partial charge on any atom is 0.261 e. The molecule has 0 heterocycles. The molecule has 0 saturated heterocycles. The third-order valence-corrected chi connectivity index (χ3v) is 7.36. The third-order valence-electron chi connectivity index (χ3n) is 4.35. The summed E-state index contributed by atoms with van der Waals surface area (Å²) in [6.45, 7) is 3.00. The lowest BCUT2D eigenvalue weighted by molar-refractivity contribution is -0.114. The van der Waals surface area contributed by atoms with E-state index in [2.05, 4.69) is 14.8 Å². The molecule has 3 aromatic carbocycles. The maximum atomic E-state index is 12.8. The lowest BCUT2D eigenvalue weighted by atomic mass is 10.2. The topological polar surface area (TPSA) is 121 Å². The fraction of sp³-hybridized carbons (Fsp3) is 0.0952. The number of halogens is 1. The van der Waals surface area contributed by atoms with Crippen molar-refractivity contribution in [3.8, 4) is 0 Å². The zero-order valence-corrected chi connectivity index (χ0v) is 19.5. The number of hydrogen-bond donors (Lipinski definition) is 3. The quantitative estimate of drug-likeness (QED) is 0.455. The molecule has 8 nitrogen and oxygen atoms in total. The molecule has 32 heavy (non-hydrogen) atoms. The summed E-state index contributed by atoms with van der Waals surface area (Å²) in [6, 6.07) is 15.9.